The molecule has 3 heteroatoms. The van der Waals surface area contributed by atoms with Crippen LogP contribution in [0.1, 0.15) is 6.92 Å². The second-order valence-corrected chi connectivity index (χ2v) is 2.69. The van der Waals surface area contributed by atoms with E-state index in [2.05, 4.69) is 0 Å². The molecule has 0 N–H and O–H groups in total. The van der Waals surface area contributed by atoms with Crippen LogP contribution < -0.4 is 9.47 Å². The molecular formula is C9H11ClO2. The average molecular weight is 187 g/mol. The van der Waals surface area contributed by atoms with E-state index in [1.165, 1.54) is 0 Å². The molecule has 12 heavy (non-hydrogen) atoms. The van der Waals surface area contributed by atoms with Crippen LogP contribution in [-0.4, -0.2) is 12.7 Å². The summed E-state index contributed by atoms with van der Waals surface area (Å²) in [4.78, 5) is 0. The summed E-state index contributed by atoms with van der Waals surface area (Å²) in [6, 6.07) is 7.73. The van der Waals surface area contributed by atoms with Crippen LogP contribution in [0.25, 0.3) is 0 Å². The zero-order chi connectivity index (χ0) is 7.68. The highest BCUT2D eigenvalue weighted by atomic mass is 35.5. The van der Waals surface area contributed by atoms with Crippen molar-refractivity contribution in [3.8, 4) is 11.5 Å². The minimum atomic E-state index is 0. The molecule has 0 aromatic heterocycles. The second kappa shape index (κ2) is 3.68. The van der Waals surface area contributed by atoms with E-state index in [1.54, 1.807) is 0 Å². The topological polar surface area (TPSA) is 18.5 Å². The van der Waals surface area contributed by atoms with Crippen LogP contribution >= 0.6 is 12.4 Å². The number of ether oxygens (including phenoxy) is 2. The summed E-state index contributed by atoms with van der Waals surface area (Å²) in [6.45, 7) is 2.65. The van der Waals surface area contributed by atoms with E-state index in [-0.39, 0.29) is 18.5 Å². The first kappa shape index (κ1) is 9.20. The van der Waals surface area contributed by atoms with Crippen molar-refractivity contribution in [2.45, 2.75) is 13.0 Å². The third-order valence-electron chi connectivity index (χ3n) is 1.65. The van der Waals surface area contributed by atoms with Gasteiger partial charge in [-0.05, 0) is 19.1 Å². The van der Waals surface area contributed by atoms with Gasteiger partial charge in [-0.25, -0.2) is 0 Å². The van der Waals surface area contributed by atoms with Crippen LogP contribution in [0.2, 0.25) is 0 Å². The summed E-state index contributed by atoms with van der Waals surface area (Å²) in [6.07, 6.45) is 0.171. The molecule has 0 radical (unpaired) electrons. The molecule has 1 aliphatic rings. The van der Waals surface area contributed by atoms with Gasteiger partial charge >= 0.3 is 0 Å². The lowest BCUT2D eigenvalue weighted by molar-refractivity contribution is 0.104. The molecule has 0 aliphatic carbocycles. The molecule has 0 bridgehead atoms. The van der Waals surface area contributed by atoms with Gasteiger partial charge in [-0.3, -0.25) is 0 Å². The Balaban J connectivity index is 0.000000720. The van der Waals surface area contributed by atoms with Gasteiger partial charge < -0.3 is 9.47 Å². The maximum absolute atomic E-state index is 5.51. The number of halogens is 1. The summed E-state index contributed by atoms with van der Waals surface area (Å²) in [5.74, 6) is 1.71. The van der Waals surface area contributed by atoms with Gasteiger partial charge in [-0.2, -0.15) is 0 Å². The van der Waals surface area contributed by atoms with E-state index >= 15 is 0 Å². The first-order chi connectivity index (χ1) is 5.36. The summed E-state index contributed by atoms with van der Waals surface area (Å²) in [7, 11) is 0. The predicted octanol–water partition coefficient (Wildman–Crippen LogP) is 2.27. The Morgan fingerprint density at radius 1 is 1.25 bits per heavy atom. The fourth-order valence-corrected chi connectivity index (χ4v) is 1.12. The zero-order valence-electron chi connectivity index (χ0n) is 6.82. The minimum absolute atomic E-state index is 0. The van der Waals surface area contributed by atoms with E-state index in [0.717, 1.165) is 11.5 Å². The normalized spacial score (nSPS) is 19.6. The lowest BCUT2D eigenvalue weighted by Crippen LogP contribution is -2.25. The average Bonchev–Trinajstić information content (AvgIpc) is 2.04. The highest BCUT2D eigenvalue weighted by molar-refractivity contribution is 5.85. The number of benzene rings is 1. The van der Waals surface area contributed by atoms with Crippen molar-refractivity contribution in [3.63, 3.8) is 0 Å². The second-order valence-electron chi connectivity index (χ2n) is 2.69. The van der Waals surface area contributed by atoms with Gasteiger partial charge in [0, 0.05) is 0 Å². The van der Waals surface area contributed by atoms with Gasteiger partial charge in [0.15, 0.2) is 11.5 Å². The molecule has 1 aromatic rings. The van der Waals surface area contributed by atoms with Gasteiger partial charge in [-0.1, -0.05) is 12.1 Å². The van der Waals surface area contributed by atoms with Crippen molar-refractivity contribution in [2.75, 3.05) is 6.61 Å². The van der Waals surface area contributed by atoms with E-state index in [4.69, 9.17) is 9.47 Å². The Kier molecular flexibility index (Phi) is 2.82. The zero-order valence-corrected chi connectivity index (χ0v) is 7.64. The Bertz CT molecular complexity index is 262. The Morgan fingerprint density at radius 2 is 1.92 bits per heavy atom. The summed E-state index contributed by atoms with van der Waals surface area (Å²) >= 11 is 0. The quantitative estimate of drug-likeness (QED) is 0.619. The van der Waals surface area contributed by atoms with Crippen molar-refractivity contribution in [3.05, 3.63) is 24.3 Å². The van der Waals surface area contributed by atoms with Crippen molar-refractivity contribution >= 4 is 12.4 Å². The van der Waals surface area contributed by atoms with Crippen molar-refractivity contribution in [1.29, 1.82) is 0 Å². The lowest BCUT2D eigenvalue weighted by atomic mass is 10.3. The van der Waals surface area contributed by atoms with Crippen LogP contribution in [-0.2, 0) is 0 Å². The Hall–Kier alpha value is -0.890. The van der Waals surface area contributed by atoms with Gasteiger partial charge in [0.1, 0.15) is 12.7 Å². The lowest BCUT2D eigenvalue weighted by Gasteiger charge is -2.23. The van der Waals surface area contributed by atoms with Crippen LogP contribution in [0, 0.1) is 0 Å². The van der Waals surface area contributed by atoms with Crippen LogP contribution in [0.15, 0.2) is 24.3 Å². The number of hydrogen-bond acceptors (Lipinski definition) is 2. The van der Waals surface area contributed by atoms with Crippen molar-refractivity contribution in [1.82, 2.24) is 0 Å². The summed E-state index contributed by atoms with van der Waals surface area (Å²) in [5.41, 5.74) is 0. The SMILES string of the molecule is CC1COc2ccccc2O1.Cl. The number of rotatable bonds is 0. The van der Waals surface area contributed by atoms with E-state index in [9.17, 15) is 0 Å². The number of fused-ring (bicyclic) bond motifs is 1. The fraction of sp³-hybridized carbons (Fsp3) is 0.333. The van der Waals surface area contributed by atoms with Gasteiger partial charge in [0.05, 0.1) is 0 Å². The minimum Gasteiger partial charge on any atom is -0.486 e. The van der Waals surface area contributed by atoms with Gasteiger partial charge in [-0.15, -0.1) is 12.4 Å². The van der Waals surface area contributed by atoms with Crippen molar-refractivity contribution in [2.24, 2.45) is 0 Å². The molecule has 0 spiro atoms. The molecule has 0 saturated heterocycles. The highest BCUT2D eigenvalue weighted by Gasteiger charge is 2.15. The standard InChI is InChI=1S/C9H10O2.ClH/c1-7-6-10-8-4-2-3-5-9(8)11-7;/h2-5,7H,6H2,1H3;1H. The number of hydrogen-bond donors (Lipinski definition) is 0. The Morgan fingerprint density at radius 3 is 2.67 bits per heavy atom. The molecule has 0 saturated carbocycles. The molecule has 0 amide bonds. The molecule has 2 nitrogen and oxygen atoms in total. The molecule has 66 valence electrons. The highest BCUT2D eigenvalue weighted by Crippen LogP contribution is 2.30. The van der Waals surface area contributed by atoms with Crippen LogP contribution in [0.4, 0.5) is 0 Å². The van der Waals surface area contributed by atoms with Crippen LogP contribution in [0.5, 0.6) is 11.5 Å². The number of para-hydroxylation sites is 2. The third kappa shape index (κ3) is 1.64. The smallest absolute Gasteiger partial charge is 0.161 e. The fourth-order valence-electron chi connectivity index (χ4n) is 1.12. The predicted molar refractivity (Wildman–Crippen MR) is 49.3 cm³/mol. The maximum Gasteiger partial charge on any atom is 0.161 e. The summed E-state index contributed by atoms with van der Waals surface area (Å²) in [5, 5.41) is 0. The monoisotopic (exact) mass is 186 g/mol. The Labute approximate surface area is 77.9 Å². The van der Waals surface area contributed by atoms with E-state index in [0.29, 0.717) is 6.61 Å². The maximum atomic E-state index is 5.51. The first-order valence-electron chi connectivity index (χ1n) is 3.75. The van der Waals surface area contributed by atoms with E-state index < -0.39 is 0 Å². The molecule has 1 atom stereocenters. The molecule has 0 fully saturated rings. The van der Waals surface area contributed by atoms with Gasteiger partial charge in [0.2, 0.25) is 0 Å². The molecule has 1 aromatic carbocycles. The van der Waals surface area contributed by atoms with E-state index in [1.807, 2.05) is 31.2 Å². The van der Waals surface area contributed by atoms with Crippen LogP contribution in [0.3, 0.4) is 0 Å². The molecular weight excluding hydrogens is 176 g/mol. The molecule has 2 rings (SSSR count). The molecule has 1 unspecified atom stereocenters. The third-order valence-corrected chi connectivity index (χ3v) is 1.65. The molecule has 1 aliphatic heterocycles. The first-order valence-corrected chi connectivity index (χ1v) is 3.75. The summed E-state index contributed by atoms with van der Waals surface area (Å²) < 4.78 is 10.9. The molecule has 1 heterocycles. The largest absolute Gasteiger partial charge is 0.486 e. The van der Waals surface area contributed by atoms with Crippen molar-refractivity contribution < 1.29 is 9.47 Å². The van der Waals surface area contributed by atoms with Gasteiger partial charge in [0.25, 0.3) is 0 Å².